The van der Waals surface area contributed by atoms with E-state index < -0.39 is 33.4 Å². The van der Waals surface area contributed by atoms with Crippen LogP contribution in [0.4, 0.5) is 39.5 Å². The summed E-state index contributed by atoms with van der Waals surface area (Å²) < 4.78 is 134. The topological polar surface area (TPSA) is 54.4 Å². The van der Waals surface area contributed by atoms with Crippen LogP contribution in [0.15, 0.2) is 0 Å². The molecule has 1 N–H and O–H groups in total. The predicted octanol–water partition coefficient (Wildman–Crippen LogP) is -0.584. The Kier molecular flexibility index (Phi) is 5.72. The van der Waals surface area contributed by atoms with E-state index in [4.69, 9.17) is 4.55 Å². The summed E-state index contributed by atoms with van der Waals surface area (Å²) in [6.45, 7) is 0. The zero-order valence-electron chi connectivity index (χ0n) is 9.07. The van der Waals surface area contributed by atoms with Crippen molar-refractivity contribution in [2.75, 3.05) is 0 Å². The Morgan fingerprint density at radius 3 is 1.22 bits per heavy atom. The molecule has 0 amide bonds. The van der Waals surface area contributed by atoms with Crippen molar-refractivity contribution in [2.45, 2.75) is 23.3 Å². The molecule has 0 bridgehead atoms. The number of alkyl halides is 9. The number of rotatable bonds is 3. The van der Waals surface area contributed by atoms with Crippen molar-refractivity contribution >= 4 is 10.1 Å². The van der Waals surface area contributed by atoms with Gasteiger partial charge in [0, 0.05) is 0 Å². The van der Waals surface area contributed by atoms with Gasteiger partial charge in [0.2, 0.25) is 0 Å². The van der Waals surface area contributed by atoms with E-state index in [-0.39, 0.29) is 31.0 Å². The molecule has 0 atom stereocenters. The molecule has 0 aromatic rings. The molecule has 0 saturated heterocycles. The second kappa shape index (κ2) is 5.00. The van der Waals surface area contributed by atoms with Gasteiger partial charge in [0.05, 0.1) is 0 Å². The van der Waals surface area contributed by atoms with Crippen molar-refractivity contribution < 1.29 is 83.5 Å². The van der Waals surface area contributed by atoms with Crippen LogP contribution in [0, 0.1) is 0 Å². The normalized spacial score (nSPS) is 15.2. The number of hydrogen-bond acceptors (Lipinski definition) is 2. The molecular weight excluding hydrogens is 322 g/mol. The van der Waals surface area contributed by atoms with Crippen molar-refractivity contribution in [1.29, 1.82) is 0 Å². The van der Waals surface area contributed by atoms with Gasteiger partial charge in [-0.3, -0.25) is 4.55 Å². The summed E-state index contributed by atoms with van der Waals surface area (Å²) >= 11 is 0. The van der Waals surface area contributed by atoms with E-state index in [0.717, 1.165) is 0 Å². The van der Waals surface area contributed by atoms with Gasteiger partial charge < -0.3 is 1.43 Å². The van der Waals surface area contributed by atoms with Crippen LogP contribution in [-0.4, -0.2) is 36.2 Å². The van der Waals surface area contributed by atoms with Crippen LogP contribution in [0.3, 0.4) is 0 Å². The SMILES string of the molecule is O=S(=O)(O)C(F)(F)C(F)(F)C(F)(F)C(F)(F)F.[H-].[Na+]. The Bertz CT molecular complexity index is 404. The summed E-state index contributed by atoms with van der Waals surface area (Å²) in [5.41, 5.74) is 0. The first-order chi connectivity index (χ1) is 7.00. The van der Waals surface area contributed by atoms with Gasteiger partial charge in [0.1, 0.15) is 0 Å². The zero-order chi connectivity index (χ0) is 14.5. The molecule has 0 saturated carbocycles. The Labute approximate surface area is 117 Å². The average molecular weight is 324 g/mol. The minimum absolute atomic E-state index is 0. The summed E-state index contributed by atoms with van der Waals surface area (Å²) in [6.07, 6.45) is -7.13. The number of halogens is 9. The van der Waals surface area contributed by atoms with E-state index in [1.807, 2.05) is 0 Å². The molecule has 0 spiro atoms. The third-order valence-electron chi connectivity index (χ3n) is 1.44. The van der Waals surface area contributed by atoms with Gasteiger partial charge in [0.15, 0.2) is 0 Å². The predicted molar refractivity (Wildman–Crippen MR) is 33.6 cm³/mol. The first-order valence-electron chi connectivity index (χ1n) is 3.17. The summed E-state index contributed by atoms with van der Waals surface area (Å²) in [5.74, 6) is -14.7. The van der Waals surface area contributed by atoms with Crippen molar-refractivity contribution in [3.63, 3.8) is 0 Å². The maximum absolute atomic E-state index is 12.2. The molecule has 0 aromatic carbocycles. The van der Waals surface area contributed by atoms with Gasteiger partial charge in [-0.1, -0.05) is 0 Å². The van der Waals surface area contributed by atoms with E-state index in [1.54, 1.807) is 0 Å². The Morgan fingerprint density at radius 1 is 0.778 bits per heavy atom. The van der Waals surface area contributed by atoms with E-state index in [9.17, 15) is 47.9 Å². The van der Waals surface area contributed by atoms with E-state index in [0.29, 0.717) is 0 Å². The Morgan fingerprint density at radius 2 is 1.06 bits per heavy atom. The molecule has 18 heavy (non-hydrogen) atoms. The fourth-order valence-corrected chi connectivity index (χ4v) is 0.975. The third-order valence-corrected chi connectivity index (χ3v) is 2.34. The van der Waals surface area contributed by atoms with Gasteiger partial charge >= 0.3 is 63.0 Å². The summed E-state index contributed by atoms with van der Waals surface area (Å²) in [4.78, 5) is 0. The Hall–Kier alpha value is 0.280. The van der Waals surface area contributed by atoms with Crippen molar-refractivity contribution in [1.82, 2.24) is 0 Å². The van der Waals surface area contributed by atoms with E-state index >= 15 is 0 Å². The van der Waals surface area contributed by atoms with Crippen LogP contribution in [0.5, 0.6) is 0 Å². The minimum Gasteiger partial charge on any atom is -1.00 e. The van der Waals surface area contributed by atoms with Crippen LogP contribution in [0.25, 0.3) is 0 Å². The summed E-state index contributed by atoms with van der Waals surface area (Å²) in [6, 6.07) is 0. The van der Waals surface area contributed by atoms with Gasteiger partial charge in [-0.25, -0.2) is 0 Å². The molecule has 0 unspecified atom stereocenters. The van der Waals surface area contributed by atoms with E-state index in [2.05, 4.69) is 0 Å². The first kappa shape index (κ1) is 20.6. The summed E-state index contributed by atoms with van der Waals surface area (Å²) in [7, 11) is -7.17. The van der Waals surface area contributed by atoms with Crippen LogP contribution in [0.1, 0.15) is 1.43 Å². The molecule has 0 aliphatic heterocycles. The van der Waals surface area contributed by atoms with Gasteiger partial charge in [-0.05, 0) is 0 Å². The quantitative estimate of drug-likeness (QED) is 0.429. The first-order valence-corrected chi connectivity index (χ1v) is 4.61. The monoisotopic (exact) mass is 324 g/mol. The van der Waals surface area contributed by atoms with Crippen LogP contribution in [-0.2, 0) is 10.1 Å². The van der Waals surface area contributed by atoms with Crippen LogP contribution < -0.4 is 29.6 Å². The number of hydrogen-bond donors (Lipinski definition) is 1. The molecule has 0 fully saturated rings. The second-order valence-electron chi connectivity index (χ2n) is 2.64. The van der Waals surface area contributed by atoms with Crippen LogP contribution in [0.2, 0.25) is 0 Å². The van der Waals surface area contributed by atoms with Gasteiger partial charge in [0.25, 0.3) is 0 Å². The fraction of sp³-hybridized carbons (Fsp3) is 1.00. The molecule has 0 radical (unpaired) electrons. The average Bonchev–Trinajstić information content (AvgIpc) is 1.98. The summed E-state index contributed by atoms with van der Waals surface area (Å²) in [5, 5.41) is -7.00. The molecule has 0 heterocycles. The maximum atomic E-state index is 12.2. The molecule has 14 heteroatoms. The van der Waals surface area contributed by atoms with Crippen LogP contribution >= 0.6 is 0 Å². The van der Waals surface area contributed by atoms with Gasteiger partial charge in [-0.15, -0.1) is 0 Å². The molecule has 106 valence electrons. The maximum Gasteiger partial charge on any atom is 1.00 e. The largest absolute Gasteiger partial charge is 1.00 e. The third kappa shape index (κ3) is 2.89. The zero-order valence-corrected chi connectivity index (χ0v) is 10.9. The van der Waals surface area contributed by atoms with Gasteiger partial charge in [-0.2, -0.15) is 47.9 Å². The van der Waals surface area contributed by atoms with Crippen molar-refractivity contribution in [2.24, 2.45) is 0 Å². The van der Waals surface area contributed by atoms with Crippen molar-refractivity contribution in [3.05, 3.63) is 0 Å². The molecule has 0 aliphatic carbocycles. The van der Waals surface area contributed by atoms with Crippen molar-refractivity contribution in [3.8, 4) is 0 Å². The minimum atomic E-state index is -7.37. The fourth-order valence-electron chi connectivity index (χ4n) is 0.523. The second-order valence-corrected chi connectivity index (χ2v) is 4.10. The molecule has 0 rings (SSSR count). The molecule has 0 aromatic heterocycles. The molecule has 0 aliphatic rings. The standard InChI is InChI=1S/C4HF9O3S.Na.H/c5-1(6,3(9,10)11)2(7,8)4(12,13)17(14,15)16;;/h(H,14,15,16);;/q;+1;-1. The van der Waals surface area contributed by atoms with E-state index in [1.165, 1.54) is 0 Å². The smallest absolute Gasteiger partial charge is 1.00 e. The Balaban J connectivity index is -0.00000128. The molecular formula is C4H2F9NaO3S. The molecule has 3 nitrogen and oxygen atoms in total.